The number of amides is 1. The lowest BCUT2D eigenvalue weighted by molar-refractivity contribution is -0.157. The fourth-order valence-corrected chi connectivity index (χ4v) is 3.30. The zero-order valence-electron chi connectivity index (χ0n) is 11.9. The Balaban J connectivity index is 1.85. The number of carbonyl (C=O) groups is 2. The molecular weight excluding hydrogens is 276 g/mol. The molecule has 0 spiro atoms. The number of aromatic nitrogens is 1. The van der Waals surface area contributed by atoms with Gasteiger partial charge in [-0.05, 0) is 6.42 Å². The number of aliphatic carboxylic acids is 1. The second-order valence-corrected chi connectivity index (χ2v) is 5.65. The Morgan fingerprint density at radius 2 is 2.38 bits per heavy atom. The number of carbonyl (C=O) groups excluding carboxylic acids is 1. The van der Waals surface area contributed by atoms with Crippen LogP contribution >= 0.6 is 0 Å². The van der Waals surface area contributed by atoms with Crippen molar-refractivity contribution in [3.05, 3.63) is 17.8 Å². The van der Waals surface area contributed by atoms with Gasteiger partial charge in [0.15, 0.2) is 12.1 Å². The molecule has 1 amide bonds. The zero-order chi connectivity index (χ0) is 15.0. The molecular formula is C14H18N2O5. The van der Waals surface area contributed by atoms with E-state index >= 15 is 0 Å². The lowest BCUT2D eigenvalue weighted by Gasteiger charge is -2.33. The Hall–Kier alpha value is -1.89. The summed E-state index contributed by atoms with van der Waals surface area (Å²) in [7, 11) is 0. The normalized spacial score (nSPS) is 28.4. The number of fused-ring (bicyclic) bond motifs is 1. The van der Waals surface area contributed by atoms with Crippen molar-refractivity contribution < 1.29 is 23.8 Å². The Bertz CT molecular complexity index is 569. The fourth-order valence-electron chi connectivity index (χ4n) is 3.30. The summed E-state index contributed by atoms with van der Waals surface area (Å²) in [4.78, 5) is 29.8. The van der Waals surface area contributed by atoms with Crippen LogP contribution in [0.4, 0.5) is 0 Å². The molecule has 1 aromatic heterocycles. The quantitative estimate of drug-likeness (QED) is 0.886. The molecule has 2 aliphatic rings. The molecule has 114 valence electrons. The molecule has 1 aromatic rings. The van der Waals surface area contributed by atoms with E-state index in [9.17, 15) is 14.7 Å². The minimum absolute atomic E-state index is 0.162. The van der Waals surface area contributed by atoms with Crippen LogP contribution in [0.5, 0.6) is 0 Å². The summed E-state index contributed by atoms with van der Waals surface area (Å²) in [5.41, 5.74) is -0.595. The van der Waals surface area contributed by atoms with Crippen LogP contribution in [-0.4, -0.2) is 53.2 Å². The van der Waals surface area contributed by atoms with E-state index in [4.69, 9.17) is 9.15 Å². The predicted molar refractivity (Wildman–Crippen MR) is 70.8 cm³/mol. The summed E-state index contributed by atoms with van der Waals surface area (Å²) in [6, 6.07) is 0. The molecule has 0 saturated carbocycles. The van der Waals surface area contributed by atoms with Gasteiger partial charge in [0.2, 0.25) is 0 Å². The SMILES string of the molecule is CCc1ocnc1C(=O)N1C[C@H]2COCC[C@@]2(C(=O)O)C1. The average Bonchev–Trinajstić information content (AvgIpc) is 3.11. The van der Waals surface area contributed by atoms with Crippen LogP contribution in [0.25, 0.3) is 0 Å². The third-order valence-electron chi connectivity index (χ3n) is 4.58. The molecule has 7 heteroatoms. The summed E-state index contributed by atoms with van der Waals surface area (Å²) in [6.07, 6.45) is 2.27. The highest BCUT2D eigenvalue weighted by Crippen LogP contribution is 2.42. The number of carboxylic acid groups (broad SMARTS) is 1. The van der Waals surface area contributed by atoms with Crippen LogP contribution in [0, 0.1) is 11.3 Å². The van der Waals surface area contributed by atoms with E-state index in [0.717, 1.165) is 0 Å². The zero-order valence-corrected chi connectivity index (χ0v) is 11.9. The lowest BCUT2D eigenvalue weighted by atomic mass is 9.74. The van der Waals surface area contributed by atoms with E-state index < -0.39 is 11.4 Å². The van der Waals surface area contributed by atoms with E-state index in [1.807, 2.05) is 6.92 Å². The number of nitrogens with zero attached hydrogens (tertiary/aromatic N) is 2. The summed E-state index contributed by atoms with van der Waals surface area (Å²) in [5, 5.41) is 9.60. The molecule has 3 rings (SSSR count). The van der Waals surface area contributed by atoms with E-state index in [-0.39, 0.29) is 24.1 Å². The molecule has 2 aliphatic heterocycles. The van der Waals surface area contributed by atoms with Crippen molar-refractivity contribution in [2.45, 2.75) is 19.8 Å². The van der Waals surface area contributed by atoms with Crippen LogP contribution in [0.3, 0.4) is 0 Å². The highest BCUT2D eigenvalue weighted by Gasteiger charge is 2.55. The van der Waals surface area contributed by atoms with Crippen molar-refractivity contribution >= 4 is 11.9 Å². The molecule has 0 aromatic carbocycles. The second-order valence-electron chi connectivity index (χ2n) is 5.65. The van der Waals surface area contributed by atoms with Gasteiger partial charge in [0.05, 0.1) is 12.0 Å². The number of ether oxygens (including phenoxy) is 1. The molecule has 2 saturated heterocycles. The van der Waals surface area contributed by atoms with Crippen LogP contribution in [0.2, 0.25) is 0 Å². The monoisotopic (exact) mass is 294 g/mol. The van der Waals surface area contributed by atoms with Crippen molar-refractivity contribution in [3.63, 3.8) is 0 Å². The smallest absolute Gasteiger partial charge is 0.311 e. The highest BCUT2D eigenvalue weighted by molar-refractivity contribution is 5.94. The van der Waals surface area contributed by atoms with Crippen molar-refractivity contribution in [2.75, 3.05) is 26.3 Å². The topological polar surface area (TPSA) is 92.9 Å². The summed E-state index contributed by atoms with van der Waals surface area (Å²) >= 11 is 0. The maximum absolute atomic E-state index is 12.6. The summed E-state index contributed by atoms with van der Waals surface area (Å²) in [6.45, 7) is 3.30. The maximum Gasteiger partial charge on any atom is 0.311 e. The lowest BCUT2D eigenvalue weighted by Crippen LogP contribution is -2.45. The van der Waals surface area contributed by atoms with Gasteiger partial charge in [-0.15, -0.1) is 0 Å². The Morgan fingerprint density at radius 1 is 1.57 bits per heavy atom. The molecule has 2 atom stereocenters. The number of rotatable bonds is 3. The van der Waals surface area contributed by atoms with Gasteiger partial charge in [0.25, 0.3) is 5.91 Å². The van der Waals surface area contributed by atoms with E-state index in [1.54, 1.807) is 4.90 Å². The van der Waals surface area contributed by atoms with Crippen LogP contribution in [-0.2, 0) is 16.0 Å². The number of carboxylic acids is 1. The molecule has 2 fully saturated rings. The fraction of sp³-hybridized carbons (Fsp3) is 0.643. The summed E-state index contributed by atoms with van der Waals surface area (Å²) in [5.74, 6) is -0.724. The maximum atomic E-state index is 12.6. The van der Waals surface area contributed by atoms with Crippen LogP contribution in [0.1, 0.15) is 29.6 Å². The van der Waals surface area contributed by atoms with Gasteiger partial charge in [0, 0.05) is 32.0 Å². The number of hydrogen-bond acceptors (Lipinski definition) is 5. The third kappa shape index (κ3) is 2.12. The number of aryl methyl sites for hydroxylation is 1. The van der Waals surface area contributed by atoms with E-state index in [2.05, 4.69) is 4.98 Å². The van der Waals surface area contributed by atoms with Crippen molar-refractivity contribution in [3.8, 4) is 0 Å². The van der Waals surface area contributed by atoms with E-state index in [0.29, 0.717) is 38.4 Å². The largest absolute Gasteiger partial charge is 0.481 e. The summed E-state index contributed by atoms with van der Waals surface area (Å²) < 4.78 is 10.6. The molecule has 3 heterocycles. The van der Waals surface area contributed by atoms with Crippen LogP contribution < -0.4 is 0 Å². The molecule has 1 N–H and O–H groups in total. The molecule has 7 nitrogen and oxygen atoms in total. The highest BCUT2D eigenvalue weighted by atomic mass is 16.5. The Morgan fingerprint density at radius 3 is 3.05 bits per heavy atom. The van der Waals surface area contributed by atoms with Gasteiger partial charge >= 0.3 is 5.97 Å². The number of hydrogen-bond donors (Lipinski definition) is 1. The van der Waals surface area contributed by atoms with Crippen molar-refractivity contribution in [2.24, 2.45) is 11.3 Å². The van der Waals surface area contributed by atoms with E-state index in [1.165, 1.54) is 6.39 Å². The van der Waals surface area contributed by atoms with Gasteiger partial charge in [-0.1, -0.05) is 6.92 Å². The van der Waals surface area contributed by atoms with Crippen LogP contribution in [0.15, 0.2) is 10.8 Å². The average molecular weight is 294 g/mol. The van der Waals surface area contributed by atoms with Gasteiger partial charge in [-0.25, -0.2) is 4.98 Å². The molecule has 0 radical (unpaired) electrons. The second kappa shape index (κ2) is 5.14. The third-order valence-corrected chi connectivity index (χ3v) is 4.58. The minimum atomic E-state index is -0.885. The number of likely N-dealkylation sites (tertiary alicyclic amines) is 1. The molecule has 0 aliphatic carbocycles. The first-order valence-electron chi connectivity index (χ1n) is 7.11. The number of oxazole rings is 1. The Kier molecular flexibility index (Phi) is 3.44. The first-order chi connectivity index (χ1) is 10.1. The first kappa shape index (κ1) is 14.1. The molecule has 0 bridgehead atoms. The first-order valence-corrected chi connectivity index (χ1v) is 7.11. The van der Waals surface area contributed by atoms with Crippen molar-refractivity contribution in [1.82, 2.24) is 9.88 Å². The molecule has 0 unspecified atom stereocenters. The van der Waals surface area contributed by atoms with Gasteiger partial charge in [0.1, 0.15) is 5.76 Å². The van der Waals surface area contributed by atoms with Gasteiger partial charge in [-0.2, -0.15) is 0 Å². The van der Waals surface area contributed by atoms with Gasteiger partial charge in [-0.3, -0.25) is 9.59 Å². The minimum Gasteiger partial charge on any atom is -0.481 e. The standard InChI is InChI=1S/C14H18N2O5/c1-2-10-11(15-8-21-10)12(17)16-5-9-6-20-4-3-14(9,7-16)13(18)19/h8-9H,2-7H2,1H3,(H,18,19)/t9-,14+/m0/s1. The Labute approximate surface area is 121 Å². The molecule has 21 heavy (non-hydrogen) atoms. The van der Waals surface area contributed by atoms with Crippen molar-refractivity contribution in [1.29, 1.82) is 0 Å². The van der Waals surface area contributed by atoms with Gasteiger partial charge < -0.3 is 19.2 Å². The predicted octanol–water partition coefficient (Wildman–Crippen LogP) is 0.800.